The summed E-state index contributed by atoms with van der Waals surface area (Å²) in [4.78, 5) is 40.2. The molecule has 1 aliphatic heterocycles. The van der Waals surface area contributed by atoms with Crippen molar-refractivity contribution in [1.29, 1.82) is 0 Å². The molecule has 36 heavy (non-hydrogen) atoms. The summed E-state index contributed by atoms with van der Waals surface area (Å²) in [5.74, 6) is 0.0426. The molecule has 10 heteroatoms. The maximum atomic E-state index is 13.6. The Morgan fingerprint density at radius 2 is 2.00 bits per heavy atom. The third-order valence-electron chi connectivity index (χ3n) is 5.47. The van der Waals surface area contributed by atoms with Crippen LogP contribution >= 0.6 is 23.1 Å². The summed E-state index contributed by atoms with van der Waals surface area (Å²) in [6.45, 7) is 5.65. The first-order valence-electron chi connectivity index (χ1n) is 11.3. The summed E-state index contributed by atoms with van der Waals surface area (Å²) < 4.78 is 13.2. The predicted octanol–water partition coefficient (Wildman–Crippen LogP) is 3.64. The number of ether oxygens (including phenoxy) is 1. The molecule has 0 N–H and O–H groups in total. The average Bonchev–Trinajstić information content (AvgIpc) is 3.42. The fourth-order valence-corrected chi connectivity index (χ4v) is 5.69. The van der Waals surface area contributed by atoms with E-state index in [-0.39, 0.29) is 12.2 Å². The van der Waals surface area contributed by atoms with Crippen molar-refractivity contribution in [2.45, 2.75) is 37.1 Å². The monoisotopic (exact) mass is 518 g/mol. The first kappa shape index (κ1) is 24.0. The zero-order valence-electron chi connectivity index (χ0n) is 19.8. The largest absolute Gasteiger partial charge is 0.463 e. The lowest BCUT2D eigenvalue weighted by Gasteiger charge is -2.24. The van der Waals surface area contributed by atoms with Gasteiger partial charge in [-0.25, -0.2) is 19.8 Å². The van der Waals surface area contributed by atoms with Crippen LogP contribution in [0.3, 0.4) is 0 Å². The first-order chi connectivity index (χ1) is 17.4. The number of carbonyl (C=O) groups is 1. The van der Waals surface area contributed by atoms with Gasteiger partial charge in [0.15, 0.2) is 15.1 Å². The van der Waals surface area contributed by atoms with E-state index in [0.29, 0.717) is 36.6 Å². The molecule has 182 valence electrons. The van der Waals surface area contributed by atoms with E-state index in [1.807, 2.05) is 49.4 Å². The molecule has 3 aromatic heterocycles. The van der Waals surface area contributed by atoms with Crippen molar-refractivity contribution < 1.29 is 13.9 Å². The highest BCUT2D eigenvalue weighted by molar-refractivity contribution is 7.99. The van der Waals surface area contributed by atoms with Gasteiger partial charge in [-0.3, -0.25) is 9.36 Å². The minimum absolute atomic E-state index is 0.230. The number of aryl methyl sites for hydroxylation is 1. The quantitative estimate of drug-likeness (QED) is 0.284. The van der Waals surface area contributed by atoms with Crippen molar-refractivity contribution in [3.63, 3.8) is 0 Å². The molecule has 4 heterocycles. The van der Waals surface area contributed by atoms with Gasteiger partial charge >= 0.3 is 5.97 Å². The van der Waals surface area contributed by atoms with Gasteiger partial charge in [-0.1, -0.05) is 41.7 Å². The lowest BCUT2D eigenvalue weighted by Crippen LogP contribution is -2.39. The molecular weight excluding hydrogens is 496 g/mol. The molecule has 0 radical (unpaired) electrons. The van der Waals surface area contributed by atoms with Crippen molar-refractivity contribution in [2.24, 2.45) is 4.99 Å². The highest BCUT2D eigenvalue weighted by Gasteiger charge is 2.33. The third kappa shape index (κ3) is 4.69. The van der Waals surface area contributed by atoms with Crippen LogP contribution in [0.5, 0.6) is 0 Å². The van der Waals surface area contributed by atoms with Gasteiger partial charge in [-0.2, -0.15) is 0 Å². The fourth-order valence-electron chi connectivity index (χ4n) is 3.90. The summed E-state index contributed by atoms with van der Waals surface area (Å²) in [5, 5.41) is 1.20. The van der Waals surface area contributed by atoms with E-state index in [4.69, 9.17) is 9.15 Å². The number of nitrogens with zero attached hydrogens (tertiary/aromatic N) is 4. The molecule has 1 atom stereocenters. The molecule has 0 amide bonds. The molecule has 0 unspecified atom stereocenters. The minimum atomic E-state index is -0.634. The summed E-state index contributed by atoms with van der Waals surface area (Å²) in [5.41, 5.74) is 2.31. The van der Waals surface area contributed by atoms with Crippen LogP contribution in [0.4, 0.5) is 0 Å². The molecule has 0 bridgehead atoms. The number of rotatable bonds is 6. The molecule has 4 aromatic rings. The van der Waals surface area contributed by atoms with Crippen molar-refractivity contribution in [1.82, 2.24) is 14.5 Å². The number of fused-ring (bicyclic) bond motifs is 1. The van der Waals surface area contributed by atoms with Crippen LogP contribution in [-0.4, -0.2) is 27.1 Å². The van der Waals surface area contributed by atoms with Crippen molar-refractivity contribution in [3.05, 3.63) is 103 Å². The maximum Gasteiger partial charge on any atom is 0.338 e. The van der Waals surface area contributed by atoms with Gasteiger partial charge in [0.2, 0.25) is 0 Å². The molecule has 1 aromatic carbocycles. The summed E-state index contributed by atoms with van der Waals surface area (Å²) in [6.07, 6.45) is 3.39. The van der Waals surface area contributed by atoms with E-state index in [1.54, 1.807) is 36.8 Å². The van der Waals surface area contributed by atoms with Crippen molar-refractivity contribution >= 4 is 35.1 Å². The van der Waals surface area contributed by atoms with Crippen LogP contribution in [-0.2, 0) is 9.53 Å². The summed E-state index contributed by atoms with van der Waals surface area (Å²) in [6, 6.07) is 14.2. The number of hydrogen-bond donors (Lipinski definition) is 0. The van der Waals surface area contributed by atoms with Gasteiger partial charge < -0.3 is 9.15 Å². The Balaban J connectivity index is 1.57. The lowest BCUT2D eigenvalue weighted by molar-refractivity contribution is -0.139. The number of esters is 1. The number of furan rings is 1. The number of carbonyl (C=O) groups excluding carboxylic acids is 1. The van der Waals surface area contributed by atoms with E-state index >= 15 is 0 Å². The molecule has 1 aliphatic rings. The van der Waals surface area contributed by atoms with Gasteiger partial charge in [-0.05, 0) is 56.3 Å². The Morgan fingerprint density at radius 3 is 2.75 bits per heavy atom. The van der Waals surface area contributed by atoms with E-state index in [9.17, 15) is 9.59 Å². The first-order valence-corrected chi connectivity index (χ1v) is 12.9. The second kappa shape index (κ2) is 10.1. The molecule has 0 saturated heterocycles. The van der Waals surface area contributed by atoms with Crippen LogP contribution < -0.4 is 14.9 Å². The van der Waals surface area contributed by atoms with Crippen LogP contribution in [0.25, 0.3) is 6.08 Å². The Morgan fingerprint density at radius 1 is 1.19 bits per heavy atom. The maximum absolute atomic E-state index is 13.6. The summed E-state index contributed by atoms with van der Waals surface area (Å²) in [7, 11) is 0. The van der Waals surface area contributed by atoms with Crippen molar-refractivity contribution in [2.75, 3.05) is 6.61 Å². The van der Waals surface area contributed by atoms with Gasteiger partial charge in [0.25, 0.3) is 5.56 Å². The fraction of sp³-hybridized carbons (Fsp3) is 0.192. The normalized spacial score (nSPS) is 15.5. The second-order valence-electron chi connectivity index (χ2n) is 7.95. The second-order valence-corrected chi connectivity index (χ2v) is 9.93. The Hall–Kier alpha value is -3.76. The molecule has 5 rings (SSSR count). The molecule has 0 spiro atoms. The number of allylic oxidation sites excluding steroid dienone is 1. The molecule has 0 saturated carbocycles. The van der Waals surface area contributed by atoms with Crippen LogP contribution in [0.2, 0.25) is 0 Å². The number of aromatic nitrogens is 3. The number of thiazole rings is 1. The Bertz CT molecular complexity index is 1650. The van der Waals surface area contributed by atoms with Crippen molar-refractivity contribution in [3.8, 4) is 0 Å². The molecule has 0 fully saturated rings. The topological polar surface area (TPSA) is 99.6 Å². The Kier molecular flexibility index (Phi) is 6.71. The summed E-state index contributed by atoms with van der Waals surface area (Å²) >= 11 is 2.56. The number of benzene rings is 1. The standard InChI is InChI=1S/C26H22N4O4S2/c1-4-33-24(32)21-16(3)29-26-30(22(21)17-8-6-5-7-9-17)23(31)19(35-26)14-18-10-11-20(34-18)36-25-27-13-12-15(2)28-25/h5-14,22H,4H2,1-3H3/b19-14+/t22-/m1/s1. The molecular formula is C26H22N4O4S2. The lowest BCUT2D eigenvalue weighted by atomic mass is 9.96. The highest BCUT2D eigenvalue weighted by atomic mass is 32.2. The van der Waals surface area contributed by atoms with Gasteiger partial charge in [0, 0.05) is 18.0 Å². The highest BCUT2D eigenvalue weighted by Crippen LogP contribution is 2.30. The zero-order chi connectivity index (χ0) is 25.2. The SMILES string of the molecule is CCOC(=O)C1=C(C)N=c2s/c(=C/c3ccc(Sc4nccc(C)n4)o3)c(=O)n2[C@@H]1c1ccccc1. The van der Waals surface area contributed by atoms with Crippen LogP contribution in [0.1, 0.15) is 36.9 Å². The van der Waals surface area contributed by atoms with E-state index in [2.05, 4.69) is 15.0 Å². The van der Waals surface area contributed by atoms with Crippen LogP contribution in [0, 0.1) is 6.92 Å². The van der Waals surface area contributed by atoms with Gasteiger partial charge in [0.1, 0.15) is 5.76 Å². The van der Waals surface area contributed by atoms with Gasteiger partial charge in [0.05, 0.1) is 28.5 Å². The molecule has 0 aliphatic carbocycles. The zero-order valence-corrected chi connectivity index (χ0v) is 21.4. The Labute approximate surface area is 214 Å². The van der Waals surface area contributed by atoms with E-state index in [1.165, 1.54) is 23.1 Å². The smallest absolute Gasteiger partial charge is 0.338 e. The molecule has 8 nitrogen and oxygen atoms in total. The minimum Gasteiger partial charge on any atom is -0.463 e. The van der Waals surface area contributed by atoms with Crippen LogP contribution in [0.15, 0.2) is 90.5 Å². The predicted molar refractivity (Wildman–Crippen MR) is 136 cm³/mol. The average molecular weight is 519 g/mol. The van der Waals surface area contributed by atoms with E-state index in [0.717, 1.165) is 11.3 Å². The van der Waals surface area contributed by atoms with E-state index < -0.39 is 12.0 Å². The van der Waals surface area contributed by atoms with Gasteiger partial charge in [-0.15, -0.1) is 0 Å². The number of hydrogen-bond acceptors (Lipinski definition) is 9. The third-order valence-corrected chi connectivity index (χ3v) is 7.26.